The van der Waals surface area contributed by atoms with E-state index < -0.39 is 11.8 Å². The lowest BCUT2D eigenvalue weighted by Crippen LogP contribution is -2.35. The predicted octanol–water partition coefficient (Wildman–Crippen LogP) is -0.342. The smallest absolute Gasteiger partial charge is 0.179 e. The zero-order valence-electron chi connectivity index (χ0n) is 5.26. The molecule has 0 saturated carbocycles. The second-order valence-corrected chi connectivity index (χ2v) is 1.69. The summed E-state index contributed by atoms with van der Waals surface area (Å²) in [5.74, 6) is -0.762. The third-order valence-electron chi connectivity index (χ3n) is 0.946. The maximum Gasteiger partial charge on any atom is 0.179 e. The SMILES string of the molecule is C=CC(=O)C(N)C(C)=O. The van der Waals surface area contributed by atoms with Crippen molar-refractivity contribution in [1.82, 2.24) is 0 Å². The van der Waals surface area contributed by atoms with Crippen LogP contribution in [0.5, 0.6) is 0 Å². The topological polar surface area (TPSA) is 60.2 Å². The molecule has 0 rings (SSSR count). The molecule has 50 valence electrons. The molecule has 0 aliphatic carbocycles. The predicted molar refractivity (Wildman–Crippen MR) is 33.9 cm³/mol. The summed E-state index contributed by atoms with van der Waals surface area (Å²) in [6.07, 6.45) is 1.05. The Labute approximate surface area is 53.5 Å². The molecule has 0 aromatic carbocycles. The maximum atomic E-state index is 10.5. The molecular weight excluding hydrogens is 118 g/mol. The summed E-state index contributed by atoms with van der Waals surface area (Å²) in [6.45, 7) is 4.45. The van der Waals surface area contributed by atoms with Crippen LogP contribution in [0.2, 0.25) is 0 Å². The molecule has 3 nitrogen and oxygen atoms in total. The maximum absolute atomic E-state index is 10.5. The first kappa shape index (κ1) is 8.04. The van der Waals surface area contributed by atoms with Crippen LogP contribution >= 0.6 is 0 Å². The Hall–Kier alpha value is -0.960. The molecule has 9 heavy (non-hydrogen) atoms. The van der Waals surface area contributed by atoms with Gasteiger partial charge < -0.3 is 5.73 Å². The van der Waals surface area contributed by atoms with Crippen molar-refractivity contribution in [3.8, 4) is 0 Å². The molecule has 0 bridgehead atoms. The van der Waals surface area contributed by atoms with Gasteiger partial charge in [-0.15, -0.1) is 0 Å². The van der Waals surface area contributed by atoms with Gasteiger partial charge in [-0.2, -0.15) is 0 Å². The van der Waals surface area contributed by atoms with Crippen molar-refractivity contribution in [2.75, 3.05) is 0 Å². The first-order valence-corrected chi connectivity index (χ1v) is 2.52. The zero-order chi connectivity index (χ0) is 7.44. The highest BCUT2D eigenvalue weighted by Gasteiger charge is 2.13. The van der Waals surface area contributed by atoms with E-state index in [-0.39, 0.29) is 5.78 Å². The van der Waals surface area contributed by atoms with Gasteiger partial charge in [0.05, 0.1) is 0 Å². The van der Waals surface area contributed by atoms with Gasteiger partial charge in [-0.25, -0.2) is 0 Å². The third-order valence-corrected chi connectivity index (χ3v) is 0.946. The Balaban J connectivity index is 4.03. The molecule has 3 heteroatoms. The summed E-state index contributed by atoms with van der Waals surface area (Å²) in [5.41, 5.74) is 5.10. The van der Waals surface area contributed by atoms with E-state index in [4.69, 9.17) is 5.73 Å². The van der Waals surface area contributed by atoms with Crippen molar-refractivity contribution in [2.24, 2.45) is 5.73 Å². The number of Topliss-reactive ketones (excluding diaryl/α,β-unsaturated/α-hetero) is 1. The number of ketones is 2. The minimum Gasteiger partial charge on any atom is -0.315 e. The van der Waals surface area contributed by atoms with E-state index in [2.05, 4.69) is 6.58 Å². The second kappa shape index (κ2) is 3.14. The summed E-state index contributed by atoms with van der Waals surface area (Å²) in [4.78, 5) is 20.8. The van der Waals surface area contributed by atoms with Crippen LogP contribution in [0, 0.1) is 0 Å². The van der Waals surface area contributed by atoms with E-state index in [0.29, 0.717) is 0 Å². The highest BCUT2D eigenvalue weighted by atomic mass is 16.2. The molecule has 0 aromatic heterocycles. The van der Waals surface area contributed by atoms with Crippen LogP contribution < -0.4 is 5.73 Å². The van der Waals surface area contributed by atoms with Crippen molar-refractivity contribution < 1.29 is 9.59 Å². The summed E-state index contributed by atoms with van der Waals surface area (Å²) in [7, 11) is 0. The van der Waals surface area contributed by atoms with Gasteiger partial charge in [-0.1, -0.05) is 6.58 Å². The molecule has 0 aromatic rings. The van der Waals surface area contributed by atoms with Crippen molar-refractivity contribution in [1.29, 1.82) is 0 Å². The zero-order valence-corrected chi connectivity index (χ0v) is 5.26. The molecule has 0 saturated heterocycles. The molecule has 0 fully saturated rings. The average Bonchev–Trinajstić information content (AvgIpc) is 1.84. The lowest BCUT2D eigenvalue weighted by molar-refractivity contribution is -0.125. The molecule has 0 aliphatic heterocycles. The normalized spacial score (nSPS) is 12.2. The van der Waals surface area contributed by atoms with Crippen LogP contribution in [0.4, 0.5) is 0 Å². The van der Waals surface area contributed by atoms with Gasteiger partial charge in [0.25, 0.3) is 0 Å². The molecular formula is C6H9NO2. The summed E-state index contributed by atoms with van der Waals surface area (Å²) in [5, 5.41) is 0. The first-order chi connectivity index (χ1) is 4.09. The Morgan fingerprint density at radius 3 is 2.22 bits per heavy atom. The van der Waals surface area contributed by atoms with Gasteiger partial charge in [0.2, 0.25) is 0 Å². The van der Waals surface area contributed by atoms with Gasteiger partial charge >= 0.3 is 0 Å². The van der Waals surface area contributed by atoms with E-state index >= 15 is 0 Å². The van der Waals surface area contributed by atoms with Crippen molar-refractivity contribution in [2.45, 2.75) is 13.0 Å². The summed E-state index contributed by atoms with van der Waals surface area (Å²) in [6, 6.07) is -1.01. The van der Waals surface area contributed by atoms with Crippen molar-refractivity contribution in [3.05, 3.63) is 12.7 Å². The highest BCUT2D eigenvalue weighted by Crippen LogP contribution is 1.83. The Morgan fingerprint density at radius 2 is 2.11 bits per heavy atom. The quantitative estimate of drug-likeness (QED) is 0.416. The van der Waals surface area contributed by atoms with Gasteiger partial charge in [0.15, 0.2) is 11.6 Å². The Bertz CT molecular complexity index is 151. The average molecular weight is 127 g/mol. The van der Waals surface area contributed by atoms with Crippen LogP contribution in [0.15, 0.2) is 12.7 Å². The number of hydrogen-bond acceptors (Lipinski definition) is 3. The van der Waals surface area contributed by atoms with E-state index in [9.17, 15) is 9.59 Å². The number of carbonyl (C=O) groups is 2. The molecule has 2 N–H and O–H groups in total. The number of carbonyl (C=O) groups excluding carboxylic acids is 2. The van der Waals surface area contributed by atoms with Crippen LogP contribution in [0.1, 0.15) is 6.92 Å². The number of rotatable bonds is 3. The summed E-state index contributed by atoms with van der Waals surface area (Å²) >= 11 is 0. The fourth-order valence-corrected chi connectivity index (χ4v) is 0.327. The van der Waals surface area contributed by atoms with Gasteiger partial charge in [0.1, 0.15) is 6.04 Å². The molecule has 1 unspecified atom stereocenters. The van der Waals surface area contributed by atoms with Crippen LogP contribution in [-0.4, -0.2) is 17.6 Å². The molecule has 0 radical (unpaired) electrons. The van der Waals surface area contributed by atoms with E-state index in [1.807, 2.05) is 0 Å². The number of hydrogen-bond donors (Lipinski definition) is 1. The Morgan fingerprint density at radius 1 is 1.67 bits per heavy atom. The molecule has 0 amide bonds. The molecule has 0 spiro atoms. The van der Waals surface area contributed by atoms with Gasteiger partial charge in [0, 0.05) is 0 Å². The molecule has 0 heterocycles. The minimum atomic E-state index is -1.01. The molecule has 1 atom stereocenters. The highest BCUT2D eigenvalue weighted by molar-refractivity contribution is 6.09. The van der Waals surface area contributed by atoms with E-state index in [1.165, 1.54) is 6.92 Å². The van der Waals surface area contributed by atoms with Crippen molar-refractivity contribution in [3.63, 3.8) is 0 Å². The monoisotopic (exact) mass is 127 g/mol. The van der Waals surface area contributed by atoms with Crippen LogP contribution in [0.3, 0.4) is 0 Å². The van der Waals surface area contributed by atoms with Crippen LogP contribution in [0.25, 0.3) is 0 Å². The minimum absolute atomic E-state index is 0.333. The van der Waals surface area contributed by atoms with E-state index in [1.54, 1.807) is 0 Å². The summed E-state index contributed by atoms with van der Waals surface area (Å²) < 4.78 is 0. The van der Waals surface area contributed by atoms with Gasteiger partial charge in [-0.05, 0) is 13.0 Å². The third kappa shape index (κ3) is 2.19. The standard InChI is InChI=1S/C6H9NO2/c1-3-5(9)6(7)4(2)8/h3,6H,1,7H2,2H3. The lowest BCUT2D eigenvalue weighted by atomic mass is 10.1. The Kier molecular flexibility index (Phi) is 2.81. The van der Waals surface area contributed by atoms with Gasteiger partial charge in [-0.3, -0.25) is 9.59 Å². The van der Waals surface area contributed by atoms with Crippen molar-refractivity contribution >= 4 is 11.6 Å². The number of nitrogens with two attached hydrogens (primary N) is 1. The second-order valence-electron chi connectivity index (χ2n) is 1.69. The fraction of sp³-hybridized carbons (Fsp3) is 0.333. The lowest BCUT2D eigenvalue weighted by Gasteiger charge is -1.99. The largest absolute Gasteiger partial charge is 0.315 e. The first-order valence-electron chi connectivity index (χ1n) is 2.52. The van der Waals surface area contributed by atoms with Crippen LogP contribution in [-0.2, 0) is 9.59 Å². The molecule has 0 aliphatic rings. The fourth-order valence-electron chi connectivity index (χ4n) is 0.327. The van der Waals surface area contributed by atoms with E-state index in [0.717, 1.165) is 6.08 Å².